The number of aryl methyl sites for hydroxylation is 3. The summed E-state index contributed by atoms with van der Waals surface area (Å²) in [7, 11) is 17.9. The number of halogens is 13. The van der Waals surface area contributed by atoms with Crippen LogP contribution in [0.25, 0.3) is 0 Å². The van der Waals surface area contributed by atoms with E-state index in [1.165, 1.54) is 94.8 Å². The fourth-order valence-corrected chi connectivity index (χ4v) is 7.57. The first-order valence-corrected chi connectivity index (χ1v) is 30.5. The minimum Gasteiger partial charge on any atom is -0.481 e. The molecule has 0 saturated heterocycles. The summed E-state index contributed by atoms with van der Waals surface area (Å²) in [6.45, 7) is 5.68. The normalized spacial score (nSPS) is 9.76. The standard InChI is InChI=1S/C7H5ClF3NO.C7H6F3NO.C7H10N2O3.C7H10N2O.C6H5BrClNO.C6H5Cl2NO.C6H8N2O.2C5H5ClN2O.C5H6N2O/c1-13-6-5(8)2-4(3-12-6)7(9,10)11;1-12-6-3-2-5(4-11-6)7(8,9)10;1-10-5-4-6(11-2)9-7(8-5)12-3;1-5-4-6(2)9-7(8-5)10-3;2*1-10-6-5(8)2-4(7)3-9-6;1-5-6(9-2)8-4-3-7-5;1-9-5-4(6)7-2-3-8-5;1-9-4-2-3-7-5(6)8-4;1-8-5-4-6-2-3-7-5/h2-3H,1H3;2-4H,1H3;4H,1-3H3;4H,1-3H3;2*2-3H,1H3;3-4H,1-2H3;2*2-3H,1H3;2-4H,1H3. The largest absolute Gasteiger partial charge is 0.481 e. The Morgan fingerprint density at radius 1 is 0.333 bits per heavy atom. The molecule has 0 aliphatic rings. The van der Waals surface area contributed by atoms with E-state index in [9.17, 15) is 26.3 Å². The number of methoxy groups -OCH3 is 12. The Morgan fingerprint density at radius 2 is 0.794 bits per heavy atom. The molecule has 10 aromatic rings. The van der Waals surface area contributed by atoms with E-state index in [2.05, 4.69) is 105 Å². The minimum absolute atomic E-state index is 0.0188. The molecule has 102 heavy (non-hydrogen) atoms. The number of aromatic nitrogens is 16. The highest BCUT2D eigenvalue weighted by molar-refractivity contribution is 9.10. The molecule has 0 saturated carbocycles. The van der Waals surface area contributed by atoms with Crippen molar-refractivity contribution >= 4 is 85.5 Å². The minimum atomic E-state index is -4.43. The van der Waals surface area contributed by atoms with Crippen molar-refractivity contribution < 1.29 is 83.2 Å². The number of pyridine rings is 4. The molecule has 0 aliphatic carbocycles. The van der Waals surface area contributed by atoms with E-state index in [1.807, 2.05) is 26.8 Å². The van der Waals surface area contributed by atoms with Gasteiger partial charge in [0.2, 0.25) is 58.2 Å². The lowest BCUT2D eigenvalue weighted by molar-refractivity contribution is -0.138. The lowest BCUT2D eigenvalue weighted by Gasteiger charge is -2.07. The van der Waals surface area contributed by atoms with E-state index in [-0.39, 0.29) is 28.1 Å². The van der Waals surface area contributed by atoms with E-state index in [4.69, 9.17) is 117 Å². The number of rotatable bonds is 12. The molecule has 0 spiro atoms. The van der Waals surface area contributed by atoms with Crippen LogP contribution in [0.4, 0.5) is 26.3 Å². The van der Waals surface area contributed by atoms with Gasteiger partial charge in [0.1, 0.15) is 15.1 Å². The van der Waals surface area contributed by atoms with E-state index in [0.29, 0.717) is 79.5 Å². The Kier molecular flexibility index (Phi) is 44.3. The molecular weight excluding hydrogens is 1560 g/mol. The molecule has 28 nitrogen and oxygen atoms in total. The summed E-state index contributed by atoms with van der Waals surface area (Å²) in [4.78, 5) is 60.7. The molecule has 10 aromatic heterocycles. The highest BCUT2D eigenvalue weighted by atomic mass is 79.9. The van der Waals surface area contributed by atoms with Gasteiger partial charge in [0.05, 0.1) is 119 Å². The highest BCUT2D eigenvalue weighted by Crippen LogP contribution is 2.33. The van der Waals surface area contributed by atoms with Gasteiger partial charge < -0.3 is 56.8 Å². The van der Waals surface area contributed by atoms with Crippen LogP contribution in [0.5, 0.6) is 70.8 Å². The number of nitrogens with zero attached hydrogens (tertiary/aromatic N) is 16. The number of ether oxygens (including phenoxy) is 12. The van der Waals surface area contributed by atoms with Crippen LogP contribution in [-0.2, 0) is 12.4 Å². The Bertz CT molecular complexity index is 3840. The average Bonchev–Trinajstić information content (AvgIpc) is 0.849. The van der Waals surface area contributed by atoms with Gasteiger partial charge in [0.15, 0.2) is 5.15 Å². The highest BCUT2D eigenvalue weighted by Gasteiger charge is 2.32. The maximum atomic E-state index is 12.1. The molecule has 10 rings (SSSR count). The molecule has 0 amide bonds. The molecule has 552 valence electrons. The fraction of sp³-hybridized carbons (Fsp3) is 0.279. The summed E-state index contributed by atoms with van der Waals surface area (Å²) >= 11 is 36.6. The van der Waals surface area contributed by atoms with E-state index in [1.54, 1.807) is 82.8 Å². The maximum absolute atomic E-state index is 12.1. The van der Waals surface area contributed by atoms with Gasteiger partial charge in [-0.15, -0.1) is 0 Å². The third kappa shape index (κ3) is 37.2. The Hall–Kier alpha value is -9.52. The van der Waals surface area contributed by atoms with Crippen LogP contribution >= 0.6 is 85.5 Å². The van der Waals surface area contributed by atoms with Gasteiger partial charge in [-0.2, -0.15) is 41.3 Å². The van der Waals surface area contributed by atoms with Gasteiger partial charge in [0, 0.05) is 96.2 Å². The summed E-state index contributed by atoms with van der Waals surface area (Å²) in [5.41, 5.74) is 1.02. The molecule has 0 unspecified atom stereocenters. The van der Waals surface area contributed by atoms with E-state index in [0.717, 1.165) is 39.9 Å². The molecule has 0 aromatic carbocycles. The van der Waals surface area contributed by atoms with Crippen molar-refractivity contribution in [2.24, 2.45) is 0 Å². The van der Waals surface area contributed by atoms with Gasteiger partial charge in [0.25, 0.3) is 5.88 Å². The quantitative estimate of drug-likeness (QED) is 0.0810. The zero-order valence-electron chi connectivity index (χ0n) is 56.5. The van der Waals surface area contributed by atoms with Crippen molar-refractivity contribution in [1.82, 2.24) is 79.7 Å². The number of hydrogen-bond donors (Lipinski definition) is 0. The number of alkyl halides is 6. The topological polar surface area (TPSA) is 317 Å². The van der Waals surface area contributed by atoms with Crippen LogP contribution in [0.2, 0.25) is 30.5 Å². The second-order valence-electron chi connectivity index (χ2n) is 17.3. The van der Waals surface area contributed by atoms with Crippen molar-refractivity contribution in [3.05, 3.63) is 186 Å². The third-order valence-corrected chi connectivity index (χ3v) is 12.2. The maximum Gasteiger partial charge on any atom is 0.417 e. The molecule has 0 fully saturated rings. The first kappa shape index (κ1) is 90.5. The van der Waals surface area contributed by atoms with Crippen LogP contribution in [0.15, 0.2) is 127 Å². The summed E-state index contributed by atoms with van der Waals surface area (Å²) in [5.74, 6) is 3.81. The summed E-state index contributed by atoms with van der Waals surface area (Å²) < 4.78 is 130. The van der Waals surface area contributed by atoms with Crippen molar-refractivity contribution in [2.45, 2.75) is 33.1 Å². The molecule has 0 N–H and O–H groups in total. The summed E-state index contributed by atoms with van der Waals surface area (Å²) in [6.07, 6.45) is 8.29. The first-order chi connectivity index (χ1) is 48.4. The average molecular weight is 1620 g/mol. The SMILES string of the molecule is COc1cc(OC)nc(OC)n1.COc1ccc(C(F)(F)F)cn1.COc1ccnc(Cl)n1.COc1cnccn1.COc1nc(C)cc(C)n1.COc1ncc(Br)cc1Cl.COc1ncc(C(F)(F)F)cc1Cl.COc1ncc(Cl)cc1Cl.COc1nccnc1C.COc1nccnc1Cl. The Balaban J connectivity index is 0.000000568. The summed E-state index contributed by atoms with van der Waals surface area (Å²) in [5, 5.41) is 1.78. The first-order valence-electron chi connectivity index (χ1n) is 27.5. The Labute approximate surface area is 620 Å². The van der Waals surface area contributed by atoms with Crippen LogP contribution < -0.4 is 56.8 Å². The predicted octanol–water partition coefficient (Wildman–Crippen LogP) is 14.9. The van der Waals surface area contributed by atoms with Gasteiger partial charge >= 0.3 is 24.4 Å². The van der Waals surface area contributed by atoms with Crippen molar-refractivity contribution in [3.8, 4) is 70.8 Å². The van der Waals surface area contributed by atoms with Crippen LogP contribution in [0.3, 0.4) is 0 Å². The van der Waals surface area contributed by atoms with Crippen molar-refractivity contribution in [1.29, 1.82) is 0 Å². The van der Waals surface area contributed by atoms with Gasteiger partial charge in [-0.1, -0.05) is 58.0 Å². The molecular formula is C61H65BrCl6F6N16O12. The van der Waals surface area contributed by atoms with E-state index < -0.39 is 23.5 Å². The lowest BCUT2D eigenvalue weighted by Crippen LogP contribution is -2.05. The number of hydrogen-bond acceptors (Lipinski definition) is 28. The van der Waals surface area contributed by atoms with E-state index >= 15 is 0 Å². The monoisotopic (exact) mass is 1620 g/mol. The van der Waals surface area contributed by atoms with Crippen molar-refractivity contribution in [3.63, 3.8) is 0 Å². The second-order valence-corrected chi connectivity index (χ2v) is 20.6. The molecule has 0 atom stereocenters. The zero-order valence-corrected chi connectivity index (χ0v) is 62.6. The van der Waals surface area contributed by atoms with Crippen molar-refractivity contribution in [2.75, 3.05) is 85.3 Å². The Morgan fingerprint density at radius 3 is 1.18 bits per heavy atom. The lowest BCUT2D eigenvalue weighted by atomic mass is 10.3. The van der Waals surface area contributed by atoms with Crippen LogP contribution in [0.1, 0.15) is 28.2 Å². The molecule has 0 radical (unpaired) electrons. The molecule has 41 heteroatoms. The van der Waals surface area contributed by atoms with Gasteiger partial charge in [-0.05, 0) is 78.6 Å². The van der Waals surface area contributed by atoms with Crippen LogP contribution in [0, 0.1) is 20.8 Å². The third-order valence-electron chi connectivity index (χ3n) is 10.3. The molecule has 0 aliphatic heterocycles. The second kappa shape index (κ2) is 49.9. The van der Waals surface area contributed by atoms with Gasteiger partial charge in [-0.25, -0.2) is 54.8 Å². The molecule has 0 bridgehead atoms. The summed E-state index contributed by atoms with van der Waals surface area (Å²) in [6, 6.07) is 11.9. The smallest absolute Gasteiger partial charge is 0.417 e. The zero-order chi connectivity index (χ0) is 76.8. The molecule has 10 heterocycles. The fourth-order valence-electron chi connectivity index (χ4n) is 5.84. The van der Waals surface area contributed by atoms with Crippen LogP contribution in [-0.4, -0.2) is 165 Å². The van der Waals surface area contributed by atoms with Gasteiger partial charge in [-0.3, -0.25) is 9.97 Å². The predicted molar refractivity (Wildman–Crippen MR) is 370 cm³/mol.